The van der Waals surface area contributed by atoms with Crippen LogP contribution in [0, 0.1) is 0 Å². The Bertz CT molecular complexity index is 567. The van der Waals surface area contributed by atoms with Gasteiger partial charge in [0.25, 0.3) is 5.91 Å². The molecule has 2 heterocycles. The molecule has 0 radical (unpaired) electrons. The Kier molecular flexibility index (Phi) is 1.83. The third-order valence-corrected chi connectivity index (χ3v) is 2.34. The summed E-state index contributed by atoms with van der Waals surface area (Å²) in [7, 11) is 0. The topological polar surface area (TPSA) is 66.9 Å². The lowest BCUT2D eigenvalue weighted by atomic mass is 10.2. The van der Waals surface area contributed by atoms with Gasteiger partial charge in [-0.05, 0) is 12.1 Å². The summed E-state index contributed by atoms with van der Waals surface area (Å²) in [4.78, 5) is 19.9. The van der Waals surface area contributed by atoms with Crippen LogP contribution in [0.3, 0.4) is 0 Å². The molecule has 2 aromatic rings. The van der Waals surface area contributed by atoms with Gasteiger partial charge in [-0.25, -0.2) is 9.97 Å². The number of rotatable bonds is 0. The molecule has 0 bridgehead atoms. The van der Waals surface area contributed by atoms with Crippen molar-refractivity contribution in [2.45, 2.75) is 0 Å². The maximum absolute atomic E-state index is 11.8. The van der Waals surface area contributed by atoms with E-state index in [-0.39, 0.29) is 5.91 Å². The van der Waals surface area contributed by atoms with Gasteiger partial charge in [0.2, 0.25) is 0 Å². The highest BCUT2D eigenvalue weighted by atomic mass is 16.2. The summed E-state index contributed by atoms with van der Waals surface area (Å²) in [5.74, 6) is 0.227. The summed E-state index contributed by atoms with van der Waals surface area (Å²) in [6, 6.07) is 7.45. The van der Waals surface area contributed by atoms with Crippen LogP contribution in [0.5, 0.6) is 0 Å². The van der Waals surface area contributed by atoms with Gasteiger partial charge >= 0.3 is 0 Å². The van der Waals surface area contributed by atoms with Crippen LogP contribution in [0.1, 0.15) is 10.5 Å². The molecule has 1 aliphatic heterocycles. The average Bonchev–Trinajstić information content (AvgIpc) is 2.45. The average molecular weight is 212 g/mol. The van der Waals surface area contributed by atoms with Gasteiger partial charge in [-0.2, -0.15) is 0 Å². The lowest BCUT2D eigenvalue weighted by molar-refractivity contribution is 0.102. The Morgan fingerprint density at radius 3 is 2.44 bits per heavy atom. The van der Waals surface area contributed by atoms with Gasteiger partial charge in [0, 0.05) is 12.4 Å². The molecule has 0 saturated heterocycles. The summed E-state index contributed by atoms with van der Waals surface area (Å²) in [5.41, 5.74) is 1.85. The van der Waals surface area contributed by atoms with Crippen LogP contribution in [-0.2, 0) is 0 Å². The normalized spacial score (nSPS) is 12.9. The van der Waals surface area contributed by atoms with Gasteiger partial charge in [-0.1, -0.05) is 12.1 Å². The second kappa shape index (κ2) is 3.30. The number of anilines is 3. The highest BCUT2D eigenvalue weighted by Gasteiger charge is 2.20. The second-order valence-corrected chi connectivity index (χ2v) is 3.38. The van der Waals surface area contributed by atoms with E-state index in [4.69, 9.17) is 0 Å². The number of hydrogen-bond acceptors (Lipinski definition) is 4. The highest BCUT2D eigenvalue weighted by Crippen LogP contribution is 2.28. The minimum absolute atomic E-state index is 0.249. The zero-order chi connectivity index (χ0) is 11.0. The van der Waals surface area contributed by atoms with Gasteiger partial charge in [-0.3, -0.25) is 4.79 Å². The van der Waals surface area contributed by atoms with Gasteiger partial charge in [0.05, 0.1) is 11.4 Å². The monoisotopic (exact) mass is 212 g/mol. The number of benzene rings is 1. The maximum Gasteiger partial charge on any atom is 0.278 e. The first kappa shape index (κ1) is 8.84. The molecular weight excluding hydrogens is 204 g/mol. The molecule has 0 spiro atoms. The van der Waals surface area contributed by atoms with Crippen LogP contribution in [0.2, 0.25) is 0 Å². The fourth-order valence-electron chi connectivity index (χ4n) is 1.61. The minimum atomic E-state index is -0.249. The van der Waals surface area contributed by atoms with E-state index in [2.05, 4.69) is 20.6 Å². The van der Waals surface area contributed by atoms with Crippen molar-refractivity contribution < 1.29 is 4.79 Å². The van der Waals surface area contributed by atoms with E-state index in [1.54, 1.807) is 6.20 Å². The van der Waals surface area contributed by atoms with Gasteiger partial charge in [-0.15, -0.1) is 0 Å². The number of amides is 1. The van der Waals surface area contributed by atoms with Gasteiger partial charge in [0.15, 0.2) is 11.5 Å². The Balaban J connectivity index is 2.18. The molecule has 5 nitrogen and oxygen atoms in total. The first-order valence-corrected chi connectivity index (χ1v) is 4.83. The lowest BCUT2D eigenvalue weighted by Crippen LogP contribution is -2.12. The third-order valence-electron chi connectivity index (χ3n) is 2.34. The van der Waals surface area contributed by atoms with Crippen molar-refractivity contribution in [3.8, 4) is 0 Å². The Morgan fingerprint density at radius 1 is 0.938 bits per heavy atom. The number of hydrogen-bond donors (Lipinski definition) is 2. The fourth-order valence-corrected chi connectivity index (χ4v) is 1.61. The number of aromatic nitrogens is 2. The summed E-state index contributed by atoms with van der Waals surface area (Å²) < 4.78 is 0. The summed E-state index contributed by atoms with van der Waals surface area (Å²) in [5, 5.41) is 5.85. The molecule has 1 aromatic carbocycles. The zero-order valence-electron chi connectivity index (χ0n) is 8.27. The smallest absolute Gasteiger partial charge is 0.278 e. The quantitative estimate of drug-likeness (QED) is 0.698. The Hall–Kier alpha value is -2.43. The number of para-hydroxylation sites is 2. The molecule has 78 valence electrons. The standard InChI is InChI=1S/C11H8N4O/c16-11-9-10(13-6-5-12-9)14-7-3-1-2-4-8(7)15-11/h1-6H,(H,13,14)(H,15,16). The van der Waals surface area contributed by atoms with Crippen LogP contribution in [0.15, 0.2) is 36.7 Å². The molecule has 16 heavy (non-hydrogen) atoms. The van der Waals surface area contributed by atoms with Crippen LogP contribution in [-0.4, -0.2) is 15.9 Å². The van der Waals surface area contributed by atoms with E-state index in [1.165, 1.54) is 6.20 Å². The van der Waals surface area contributed by atoms with Crippen LogP contribution in [0.25, 0.3) is 0 Å². The van der Waals surface area contributed by atoms with E-state index in [9.17, 15) is 4.79 Å². The van der Waals surface area contributed by atoms with Crippen LogP contribution >= 0.6 is 0 Å². The SMILES string of the molecule is O=C1Nc2ccccc2Nc2nccnc21. The third kappa shape index (κ3) is 1.30. The number of nitrogens with zero attached hydrogens (tertiary/aromatic N) is 2. The number of carbonyl (C=O) groups excluding carboxylic acids is 1. The number of fused-ring (bicyclic) bond motifs is 2. The van der Waals surface area contributed by atoms with Gasteiger partial charge < -0.3 is 10.6 Å². The maximum atomic E-state index is 11.8. The molecule has 0 unspecified atom stereocenters. The largest absolute Gasteiger partial charge is 0.337 e. The van der Waals surface area contributed by atoms with E-state index in [0.717, 1.165) is 11.4 Å². The van der Waals surface area contributed by atoms with Crippen molar-refractivity contribution in [2.24, 2.45) is 0 Å². The molecule has 0 atom stereocenters. The summed E-state index contributed by atoms with van der Waals surface area (Å²) in [6.07, 6.45) is 3.04. The number of carbonyl (C=O) groups is 1. The minimum Gasteiger partial charge on any atom is -0.337 e. The lowest BCUT2D eigenvalue weighted by Gasteiger charge is -2.05. The first-order chi connectivity index (χ1) is 7.84. The van der Waals surface area contributed by atoms with Gasteiger partial charge in [0.1, 0.15) is 0 Å². The van der Waals surface area contributed by atoms with Crippen LogP contribution in [0.4, 0.5) is 17.2 Å². The Morgan fingerprint density at radius 2 is 1.62 bits per heavy atom. The molecule has 1 amide bonds. The van der Waals surface area contributed by atoms with Crippen molar-refractivity contribution >= 4 is 23.1 Å². The van der Waals surface area contributed by atoms with E-state index in [0.29, 0.717) is 11.5 Å². The molecule has 5 heteroatoms. The van der Waals surface area contributed by atoms with E-state index in [1.807, 2.05) is 24.3 Å². The van der Waals surface area contributed by atoms with Crippen molar-refractivity contribution in [1.82, 2.24) is 9.97 Å². The molecule has 0 saturated carbocycles. The van der Waals surface area contributed by atoms with Crippen molar-refractivity contribution in [1.29, 1.82) is 0 Å². The van der Waals surface area contributed by atoms with Crippen molar-refractivity contribution in [3.05, 3.63) is 42.4 Å². The fraction of sp³-hybridized carbons (Fsp3) is 0. The molecule has 1 aliphatic rings. The molecule has 3 rings (SSSR count). The summed E-state index contributed by atoms with van der Waals surface area (Å²) >= 11 is 0. The molecule has 1 aromatic heterocycles. The predicted molar refractivity (Wildman–Crippen MR) is 59.7 cm³/mol. The van der Waals surface area contributed by atoms with E-state index >= 15 is 0 Å². The predicted octanol–water partition coefficient (Wildman–Crippen LogP) is 1.79. The Labute approximate surface area is 91.5 Å². The van der Waals surface area contributed by atoms with Crippen molar-refractivity contribution in [2.75, 3.05) is 10.6 Å². The zero-order valence-corrected chi connectivity index (χ0v) is 8.27. The molecule has 0 fully saturated rings. The number of nitrogens with one attached hydrogen (secondary N) is 2. The molecule has 2 N–H and O–H groups in total. The molecule has 0 aliphatic carbocycles. The van der Waals surface area contributed by atoms with Crippen molar-refractivity contribution in [3.63, 3.8) is 0 Å². The first-order valence-electron chi connectivity index (χ1n) is 4.83. The van der Waals surface area contributed by atoms with Crippen LogP contribution < -0.4 is 10.6 Å². The molecular formula is C11H8N4O. The second-order valence-electron chi connectivity index (χ2n) is 3.38. The van der Waals surface area contributed by atoms with E-state index < -0.39 is 0 Å². The summed E-state index contributed by atoms with van der Waals surface area (Å²) in [6.45, 7) is 0. The highest BCUT2D eigenvalue weighted by molar-refractivity contribution is 6.09.